The Bertz CT molecular complexity index is 1400. The van der Waals surface area contributed by atoms with E-state index >= 15 is 0 Å². The molecule has 0 unspecified atom stereocenters. The highest BCUT2D eigenvalue weighted by Crippen LogP contribution is 2.34. The van der Waals surface area contributed by atoms with Gasteiger partial charge in [0, 0.05) is 24.8 Å². The van der Waals surface area contributed by atoms with Crippen LogP contribution in [0.3, 0.4) is 0 Å². The van der Waals surface area contributed by atoms with Crippen molar-refractivity contribution in [3.8, 4) is 17.0 Å². The summed E-state index contributed by atoms with van der Waals surface area (Å²) in [5.41, 5.74) is 0.778. The minimum absolute atomic E-state index is 0.0185. The number of aromatic hydroxyl groups is 1. The zero-order valence-electron chi connectivity index (χ0n) is 18.5. The molecule has 0 saturated heterocycles. The van der Waals surface area contributed by atoms with Crippen molar-refractivity contribution < 1.29 is 13.5 Å². The number of sulfonamides is 1. The number of fused-ring (bicyclic) bond motifs is 1. The summed E-state index contributed by atoms with van der Waals surface area (Å²) in [6, 6.07) is 13.7. The Kier molecular flexibility index (Phi) is 5.94. The molecule has 0 aliphatic carbocycles. The van der Waals surface area contributed by atoms with E-state index in [0.717, 1.165) is 0 Å². The molecule has 4 rings (SSSR count). The molecule has 0 radical (unpaired) electrons. The molecule has 2 heterocycles. The van der Waals surface area contributed by atoms with E-state index in [4.69, 9.17) is 0 Å². The predicted molar refractivity (Wildman–Crippen MR) is 128 cm³/mol. The zero-order chi connectivity index (χ0) is 23.8. The highest BCUT2D eigenvalue weighted by Gasteiger charge is 2.30. The maximum Gasteiger partial charge on any atom is 0.286 e. The van der Waals surface area contributed by atoms with Gasteiger partial charge >= 0.3 is 0 Å². The van der Waals surface area contributed by atoms with Crippen molar-refractivity contribution in [2.75, 3.05) is 17.7 Å². The number of amidine groups is 1. The molecule has 9 nitrogen and oxygen atoms in total. The molecule has 0 atom stereocenters. The first-order chi connectivity index (χ1) is 15.7. The van der Waals surface area contributed by atoms with Crippen molar-refractivity contribution in [3.63, 3.8) is 0 Å². The minimum Gasteiger partial charge on any atom is -0.505 e. The lowest BCUT2D eigenvalue weighted by molar-refractivity contribution is 0.444. The molecule has 0 bridgehead atoms. The molecule has 3 aromatic rings. The summed E-state index contributed by atoms with van der Waals surface area (Å²) < 4.78 is 31.0. The first-order valence-electron chi connectivity index (χ1n) is 10.5. The van der Waals surface area contributed by atoms with E-state index in [1.54, 1.807) is 43.4 Å². The van der Waals surface area contributed by atoms with Crippen LogP contribution in [0.5, 0.6) is 5.75 Å². The number of anilines is 2. The Morgan fingerprint density at radius 1 is 1.15 bits per heavy atom. The summed E-state index contributed by atoms with van der Waals surface area (Å²) in [6.07, 6.45) is 0.680. The maximum absolute atomic E-state index is 13.3. The van der Waals surface area contributed by atoms with Crippen LogP contribution in [0.2, 0.25) is 0 Å². The van der Waals surface area contributed by atoms with Crippen molar-refractivity contribution >= 4 is 27.2 Å². The molecule has 0 saturated carbocycles. The third-order valence-electron chi connectivity index (χ3n) is 5.35. The van der Waals surface area contributed by atoms with Crippen LogP contribution >= 0.6 is 0 Å². The fourth-order valence-corrected chi connectivity index (χ4v) is 4.67. The van der Waals surface area contributed by atoms with Crippen LogP contribution in [-0.4, -0.2) is 36.2 Å². The first-order valence-corrected chi connectivity index (χ1v) is 12.0. The van der Waals surface area contributed by atoms with E-state index in [-0.39, 0.29) is 27.7 Å². The summed E-state index contributed by atoms with van der Waals surface area (Å²) in [6.45, 7) is 4.37. The van der Waals surface area contributed by atoms with Gasteiger partial charge in [0.25, 0.3) is 15.6 Å². The molecule has 172 valence electrons. The lowest BCUT2D eigenvalue weighted by Crippen LogP contribution is -2.34. The average molecular weight is 468 g/mol. The van der Waals surface area contributed by atoms with E-state index in [0.29, 0.717) is 30.1 Å². The standard InChI is InChI=1S/C23H25N5O4S/c1-14(2)11-12-28-23(30)19(21(29)20(26-28)15-7-5-4-6-8-15)22-25-17-10-9-16(24-3)13-18(17)33(31,32)27-22/h4-10,13-14,24,29H,11-12H2,1-3H3,(H,25,27). The molecule has 33 heavy (non-hydrogen) atoms. The third kappa shape index (κ3) is 4.34. The first kappa shape index (κ1) is 22.5. The highest BCUT2D eigenvalue weighted by atomic mass is 32.2. The summed E-state index contributed by atoms with van der Waals surface area (Å²) in [5, 5.41) is 21.3. The lowest BCUT2D eigenvalue weighted by Gasteiger charge is -2.21. The van der Waals surface area contributed by atoms with Crippen molar-refractivity contribution in [2.45, 2.75) is 31.7 Å². The fourth-order valence-electron chi connectivity index (χ4n) is 3.52. The number of aromatic nitrogens is 2. The third-order valence-corrected chi connectivity index (χ3v) is 6.66. The van der Waals surface area contributed by atoms with Crippen LogP contribution in [0.15, 0.2) is 62.6 Å². The van der Waals surface area contributed by atoms with Crippen LogP contribution in [0.4, 0.5) is 11.4 Å². The maximum atomic E-state index is 13.3. The second-order valence-corrected chi connectivity index (χ2v) is 9.72. The highest BCUT2D eigenvalue weighted by molar-refractivity contribution is 7.90. The van der Waals surface area contributed by atoms with E-state index in [9.17, 15) is 18.3 Å². The molecule has 3 N–H and O–H groups in total. The van der Waals surface area contributed by atoms with Crippen molar-refractivity contribution in [1.82, 2.24) is 9.78 Å². The number of hydrogen-bond donors (Lipinski definition) is 3. The van der Waals surface area contributed by atoms with Gasteiger partial charge in [0.15, 0.2) is 11.6 Å². The monoisotopic (exact) mass is 467 g/mol. The summed E-state index contributed by atoms with van der Waals surface area (Å²) in [4.78, 5) is 13.3. The minimum atomic E-state index is -4.12. The normalized spacial score (nSPS) is 14.4. The van der Waals surface area contributed by atoms with Gasteiger partial charge in [-0.1, -0.05) is 44.2 Å². The predicted octanol–water partition coefficient (Wildman–Crippen LogP) is 3.26. The Hall–Kier alpha value is -3.66. The average Bonchev–Trinajstić information content (AvgIpc) is 2.78. The smallest absolute Gasteiger partial charge is 0.286 e. The molecule has 0 spiro atoms. The quantitative estimate of drug-likeness (QED) is 0.508. The Morgan fingerprint density at radius 3 is 2.55 bits per heavy atom. The van der Waals surface area contributed by atoms with Gasteiger partial charge < -0.3 is 15.7 Å². The van der Waals surface area contributed by atoms with Gasteiger partial charge in [-0.3, -0.25) is 4.79 Å². The van der Waals surface area contributed by atoms with E-state index in [1.165, 1.54) is 10.7 Å². The molecule has 0 fully saturated rings. The van der Waals surface area contributed by atoms with Crippen LogP contribution < -0.4 is 16.2 Å². The van der Waals surface area contributed by atoms with E-state index in [2.05, 4.69) is 20.1 Å². The van der Waals surface area contributed by atoms with Crippen molar-refractivity contribution in [2.24, 2.45) is 10.3 Å². The zero-order valence-corrected chi connectivity index (χ0v) is 19.3. The number of benzene rings is 2. The molecular weight excluding hydrogens is 442 g/mol. The number of hydrogen-bond acceptors (Lipinski definition) is 7. The van der Waals surface area contributed by atoms with Gasteiger partial charge in [-0.2, -0.15) is 13.5 Å². The molecular formula is C23H25N5O4S. The number of rotatable bonds is 6. The topological polar surface area (TPSA) is 126 Å². The van der Waals surface area contributed by atoms with Crippen LogP contribution in [0.1, 0.15) is 25.8 Å². The Morgan fingerprint density at radius 2 is 1.88 bits per heavy atom. The number of nitrogens with one attached hydrogen (secondary N) is 2. The van der Waals surface area contributed by atoms with Crippen molar-refractivity contribution in [3.05, 3.63) is 64.4 Å². The van der Waals surface area contributed by atoms with Crippen molar-refractivity contribution in [1.29, 1.82) is 0 Å². The molecule has 10 heteroatoms. The van der Waals surface area contributed by atoms with Gasteiger partial charge in [-0.25, -0.2) is 4.68 Å². The molecule has 1 aliphatic heterocycles. The molecule has 1 aliphatic rings. The lowest BCUT2D eigenvalue weighted by atomic mass is 10.1. The summed E-state index contributed by atoms with van der Waals surface area (Å²) in [5.74, 6) is -0.348. The number of nitrogens with zero attached hydrogens (tertiary/aromatic N) is 3. The Labute approximate surface area is 191 Å². The van der Waals surface area contributed by atoms with Gasteiger partial charge in [0.1, 0.15) is 16.2 Å². The molecule has 0 amide bonds. The van der Waals surface area contributed by atoms with Gasteiger partial charge in [-0.15, -0.1) is 4.40 Å². The fraction of sp³-hybridized carbons (Fsp3) is 0.261. The van der Waals surface area contributed by atoms with Gasteiger partial charge in [0.05, 0.1) is 5.69 Å². The molecule has 2 aromatic carbocycles. The van der Waals surface area contributed by atoms with Crippen LogP contribution in [0.25, 0.3) is 11.3 Å². The summed E-state index contributed by atoms with van der Waals surface area (Å²) in [7, 11) is -2.44. The number of aryl methyl sites for hydroxylation is 1. The van der Waals surface area contributed by atoms with Crippen LogP contribution in [0, 0.1) is 5.92 Å². The van der Waals surface area contributed by atoms with E-state index < -0.39 is 21.3 Å². The Balaban J connectivity index is 1.92. The second kappa shape index (κ2) is 8.70. The van der Waals surface area contributed by atoms with Gasteiger partial charge in [0.2, 0.25) is 0 Å². The SMILES string of the molecule is CNc1ccc2c(c1)S(=O)(=O)N=C(c1c(O)c(-c3ccccc3)nn(CCC(C)C)c1=O)N2. The van der Waals surface area contributed by atoms with Gasteiger partial charge in [-0.05, 0) is 30.5 Å². The van der Waals surface area contributed by atoms with E-state index in [1.807, 2.05) is 19.9 Å². The van der Waals surface area contributed by atoms with Crippen LogP contribution in [-0.2, 0) is 16.6 Å². The largest absolute Gasteiger partial charge is 0.505 e. The summed E-state index contributed by atoms with van der Waals surface area (Å²) >= 11 is 0. The molecule has 1 aromatic heterocycles. The second-order valence-electron chi connectivity index (χ2n) is 8.15.